The minimum atomic E-state index is -0.988. The van der Waals surface area contributed by atoms with Crippen molar-refractivity contribution in [2.75, 3.05) is 11.1 Å². The van der Waals surface area contributed by atoms with Crippen LogP contribution in [0, 0.1) is 26.7 Å². The Morgan fingerprint density at radius 3 is 2.00 bits per heavy atom. The van der Waals surface area contributed by atoms with E-state index < -0.39 is 23.8 Å². The van der Waals surface area contributed by atoms with Gasteiger partial charge in [-0.05, 0) is 95.5 Å². The number of hydrogen-bond acceptors (Lipinski definition) is 5. The molecule has 0 saturated carbocycles. The van der Waals surface area contributed by atoms with Crippen molar-refractivity contribution in [3.63, 3.8) is 0 Å². The Bertz CT molecular complexity index is 1150. The maximum absolute atomic E-state index is 14.3. The first kappa shape index (κ1) is 33.2. The number of anilines is 1. The van der Waals surface area contributed by atoms with Crippen LogP contribution in [0.3, 0.4) is 0 Å². The molecule has 0 spiro atoms. The maximum atomic E-state index is 14.3. The van der Waals surface area contributed by atoms with Crippen LogP contribution in [0.5, 0.6) is 0 Å². The van der Waals surface area contributed by atoms with Crippen LogP contribution in [0.15, 0.2) is 42.5 Å². The van der Waals surface area contributed by atoms with Gasteiger partial charge in [0.1, 0.15) is 17.7 Å². The van der Waals surface area contributed by atoms with Crippen molar-refractivity contribution >= 4 is 36.2 Å². The number of carbonyl (C=O) groups is 3. The molecule has 2 aromatic rings. The van der Waals surface area contributed by atoms with Crippen LogP contribution in [-0.4, -0.2) is 46.2 Å². The van der Waals surface area contributed by atoms with Crippen molar-refractivity contribution < 1.29 is 19.1 Å². The summed E-state index contributed by atoms with van der Waals surface area (Å²) in [6.45, 7) is 17.3. The molecule has 8 heteroatoms. The molecule has 0 heterocycles. The first-order valence-corrected chi connectivity index (χ1v) is 14.6. The monoisotopic (exact) mass is 569 g/mol. The number of ether oxygens (including phenoxy) is 1. The van der Waals surface area contributed by atoms with Crippen LogP contribution in [0.4, 0.5) is 10.5 Å². The summed E-state index contributed by atoms with van der Waals surface area (Å²) < 4.78 is 5.43. The lowest BCUT2D eigenvalue weighted by Gasteiger charge is -2.39. The molecule has 0 aliphatic carbocycles. The Hall–Kier alpha value is -3.00. The van der Waals surface area contributed by atoms with Gasteiger partial charge in [0, 0.05) is 17.5 Å². The number of hydrogen-bond donors (Lipinski definition) is 3. The van der Waals surface area contributed by atoms with Crippen LogP contribution in [0.1, 0.15) is 82.7 Å². The van der Waals surface area contributed by atoms with E-state index in [-0.39, 0.29) is 23.6 Å². The SMILES string of the molecule is Cc1ccccc1NC(=O)C(c1c(C)cccc1C)N(C(=O)C(CS)NC(=O)OC(C)(C)C)C(C)CCC(C)C. The number of nitrogens with one attached hydrogen (secondary N) is 2. The van der Waals surface area contributed by atoms with E-state index in [1.165, 1.54) is 0 Å². The zero-order valence-electron chi connectivity index (χ0n) is 25.5. The van der Waals surface area contributed by atoms with Crippen LogP contribution in [0.2, 0.25) is 0 Å². The van der Waals surface area contributed by atoms with Crippen molar-refractivity contribution in [1.82, 2.24) is 10.2 Å². The van der Waals surface area contributed by atoms with Gasteiger partial charge in [0.25, 0.3) is 5.91 Å². The average molecular weight is 570 g/mol. The van der Waals surface area contributed by atoms with Crippen LogP contribution < -0.4 is 10.6 Å². The van der Waals surface area contributed by atoms with E-state index in [0.29, 0.717) is 18.0 Å². The molecule has 3 atom stereocenters. The molecule has 2 rings (SSSR count). The van der Waals surface area contributed by atoms with E-state index in [0.717, 1.165) is 28.7 Å². The quantitative estimate of drug-likeness (QED) is 0.261. The van der Waals surface area contributed by atoms with E-state index in [1.54, 1.807) is 25.7 Å². The number of amides is 3. The number of alkyl carbamates (subject to hydrolysis) is 1. The van der Waals surface area contributed by atoms with E-state index in [9.17, 15) is 14.4 Å². The first-order valence-electron chi connectivity index (χ1n) is 14.0. The number of aryl methyl sites for hydroxylation is 3. The largest absolute Gasteiger partial charge is 0.444 e. The summed E-state index contributed by atoms with van der Waals surface area (Å²) >= 11 is 4.41. The van der Waals surface area contributed by atoms with Gasteiger partial charge in [0.2, 0.25) is 5.91 Å². The highest BCUT2D eigenvalue weighted by Gasteiger charge is 2.39. The Balaban J connectivity index is 2.65. The molecule has 2 aromatic carbocycles. The summed E-state index contributed by atoms with van der Waals surface area (Å²) in [5, 5.41) is 5.78. The third-order valence-corrected chi connectivity index (χ3v) is 7.17. The van der Waals surface area contributed by atoms with Gasteiger partial charge in [0.05, 0.1) is 0 Å². The molecule has 3 amide bonds. The van der Waals surface area contributed by atoms with Crippen molar-refractivity contribution in [2.24, 2.45) is 5.92 Å². The van der Waals surface area contributed by atoms with E-state index in [4.69, 9.17) is 4.74 Å². The molecule has 0 radical (unpaired) electrons. The average Bonchev–Trinajstić information content (AvgIpc) is 2.85. The Morgan fingerprint density at radius 2 is 1.48 bits per heavy atom. The molecule has 7 nitrogen and oxygen atoms in total. The first-order chi connectivity index (χ1) is 18.7. The maximum Gasteiger partial charge on any atom is 0.408 e. The zero-order chi connectivity index (χ0) is 30.2. The number of nitrogens with zero attached hydrogens (tertiary/aromatic N) is 1. The lowest BCUT2D eigenvalue weighted by atomic mass is 9.91. The molecule has 0 bridgehead atoms. The molecule has 0 fully saturated rings. The Labute approximate surface area is 245 Å². The van der Waals surface area contributed by atoms with E-state index >= 15 is 0 Å². The van der Waals surface area contributed by atoms with Crippen molar-refractivity contribution in [2.45, 2.75) is 98.9 Å². The predicted molar refractivity (Wildman–Crippen MR) is 166 cm³/mol. The van der Waals surface area contributed by atoms with E-state index in [2.05, 4.69) is 37.1 Å². The normalized spacial score (nSPS) is 13.8. The van der Waals surface area contributed by atoms with Gasteiger partial charge in [-0.2, -0.15) is 12.6 Å². The van der Waals surface area contributed by atoms with E-state index in [1.807, 2.05) is 70.2 Å². The number of thiol groups is 1. The summed E-state index contributed by atoms with van der Waals surface area (Å²) in [7, 11) is 0. The number of para-hydroxylation sites is 1. The zero-order valence-corrected chi connectivity index (χ0v) is 26.4. The molecular weight excluding hydrogens is 522 g/mol. The predicted octanol–water partition coefficient (Wildman–Crippen LogP) is 6.77. The van der Waals surface area contributed by atoms with Gasteiger partial charge in [-0.3, -0.25) is 9.59 Å². The molecule has 0 saturated heterocycles. The highest BCUT2D eigenvalue weighted by Crippen LogP contribution is 2.33. The number of rotatable bonds is 11. The summed E-state index contributed by atoms with van der Waals surface area (Å²) in [4.78, 5) is 42.9. The molecule has 0 aliphatic rings. The number of carbonyl (C=O) groups excluding carboxylic acids is 3. The lowest BCUT2D eigenvalue weighted by Crippen LogP contribution is -2.56. The molecule has 0 aromatic heterocycles. The highest BCUT2D eigenvalue weighted by molar-refractivity contribution is 7.80. The molecule has 220 valence electrons. The summed E-state index contributed by atoms with van der Waals surface area (Å²) in [5.74, 6) is -0.236. The second kappa shape index (κ2) is 14.6. The van der Waals surface area contributed by atoms with Crippen LogP contribution in [-0.2, 0) is 14.3 Å². The van der Waals surface area contributed by atoms with Gasteiger partial charge in [-0.1, -0.05) is 50.2 Å². The highest BCUT2D eigenvalue weighted by atomic mass is 32.1. The van der Waals surface area contributed by atoms with Crippen LogP contribution >= 0.6 is 12.6 Å². The lowest BCUT2D eigenvalue weighted by molar-refractivity contribution is -0.143. The fourth-order valence-electron chi connectivity index (χ4n) is 4.70. The van der Waals surface area contributed by atoms with Crippen molar-refractivity contribution in [1.29, 1.82) is 0 Å². The second-order valence-electron chi connectivity index (χ2n) is 12.0. The summed E-state index contributed by atoms with van der Waals surface area (Å²) in [6.07, 6.45) is 0.853. The third-order valence-electron chi connectivity index (χ3n) is 6.81. The third kappa shape index (κ3) is 9.29. The summed E-state index contributed by atoms with van der Waals surface area (Å²) in [5.41, 5.74) is 3.45. The topological polar surface area (TPSA) is 87.7 Å². The minimum absolute atomic E-state index is 0.0460. The molecular formula is C32H47N3O4S. The van der Waals surface area contributed by atoms with Crippen LogP contribution in [0.25, 0.3) is 0 Å². The van der Waals surface area contributed by atoms with Gasteiger partial charge in [-0.15, -0.1) is 0 Å². The molecule has 0 aliphatic heterocycles. The smallest absolute Gasteiger partial charge is 0.408 e. The van der Waals surface area contributed by atoms with Crippen molar-refractivity contribution in [3.05, 3.63) is 64.7 Å². The Morgan fingerprint density at radius 1 is 0.900 bits per heavy atom. The van der Waals surface area contributed by atoms with Crippen molar-refractivity contribution in [3.8, 4) is 0 Å². The molecule has 40 heavy (non-hydrogen) atoms. The minimum Gasteiger partial charge on any atom is -0.444 e. The standard InChI is InChI=1S/C32H47N3O4S/c1-20(2)17-18-24(6)35(30(37)26(19-40)34-31(38)39-32(7,8)9)28(27-22(4)14-12-15-23(27)5)29(36)33-25-16-11-10-13-21(25)3/h10-16,20,24,26,28,40H,17-19H2,1-9H3,(H,33,36)(H,34,38). The number of benzene rings is 2. The van der Waals surface area contributed by atoms with Gasteiger partial charge in [-0.25, -0.2) is 4.79 Å². The fraction of sp³-hybridized carbons (Fsp3) is 0.531. The summed E-state index contributed by atoms with van der Waals surface area (Å²) in [6, 6.07) is 11.2. The van der Waals surface area contributed by atoms with Gasteiger partial charge >= 0.3 is 6.09 Å². The second-order valence-corrected chi connectivity index (χ2v) is 12.3. The molecule has 3 unspecified atom stereocenters. The molecule has 2 N–H and O–H groups in total. The fourth-order valence-corrected chi connectivity index (χ4v) is 4.94. The Kier molecular flexibility index (Phi) is 12.1. The van der Waals surface area contributed by atoms with Gasteiger partial charge < -0.3 is 20.3 Å². The van der Waals surface area contributed by atoms with Gasteiger partial charge in [0.15, 0.2) is 0 Å².